The third kappa shape index (κ3) is 7.76. The normalized spacial score (nSPS) is 15.1. The lowest BCUT2D eigenvalue weighted by Gasteiger charge is -2.40. The van der Waals surface area contributed by atoms with Crippen LogP contribution < -0.4 is 10.6 Å². The molecular formula is C31H41N3O2. The van der Waals surface area contributed by atoms with Crippen molar-refractivity contribution in [1.82, 2.24) is 4.90 Å². The second kappa shape index (κ2) is 13.9. The first-order valence-corrected chi connectivity index (χ1v) is 12.9. The monoisotopic (exact) mass is 487 g/mol. The summed E-state index contributed by atoms with van der Waals surface area (Å²) in [5.41, 5.74) is 10.1. The van der Waals surface area contributed by atoms with Gasteiger partial charge in [0.2, 0.25) is 0 Å². The first kappa shape index (κ1) is 27.6. The number of morpholine rings is 1. The van der Waals surface area contributed by atoms with Crippen LogP contribution in [0.25, 0.3) is 0 Å². The molecule has 1 aliphatic rings. The number of anilines is 1. The van der Waals surface area contributed by atoms with E-state index in [9.17, 15) is 4.79 Å². The third-order valence-corrected chi connectivity index (χ3v) is 7.11. The highest BCUT2D eigenvalue weighted by Gasteiger charge is 2.31. The first-order valence-electron chi connectivity index (χ1n) is 12.9. The Hall–Kier alpha value is -2.99. The van der Waals surface area contributed by atoms with Crippen molar-refractivity contribution < 1.29 is 9.53 Å². The second-order valence-corrected chi connectivity index (χ2v) is 9.57. The Kier molecular flexibility index (Phi) is 10.7. The molecule has 192 valence electrons. The summed E-state index contributed by atoms with van der Waals surface area (Å²) in [6.45, 7) is 6.04. The van der Waals surface area contributed by atoms with Crippen LogP contribution in [0.3, 0.4) is 0 Å². The molecule has 4 rings (SSSR count). The van der Waals surface area contributed by atoms with Crippen LogP contribution in [0.2, 0.25) is 0 Å². The van der Waals surface area contributed by atoms with Gasteiger partial charge in [-0.1, -0.05) is 79.7 Å². The number of ether oxygens (including phenoxy) is 1. The van der Waals surface area contributed by atoms with Crippen molar-refractivity contribution in [2.45, 2.75) is 31.7 Å². The molecule has 5 nitrogen and oxygen atoms in total. The quantitative estimate of drug-likeness (QED) is 0.438. The summed E-state index contributed by atoms with van der Waals surface area (Å²) in [7, 11) is 4.43. The average molecular weight is 488 g/mol. The van der Waals surface area contributed by atoms with Crippen LogP contribution >= 0.6 is 0 Å². The molecule has 1 unspecified atom stereocenters. The van der Waals surface area contributed by atoms with Gasteiger partial charge < -0.3 is 20.3 Å². The fourth-order valence-corrected chi connectivity index (χ4v) is 4.69. The van der Waals surface area contributed by atoms with Crippen molar-refractivity contribution in [3.05, 3.63) is 102 Å². The summed E-state index contributed by atoms with van der Waals surface area (Å²) in [6.07, 6.45) is 3.26. The van der Waals surface area contributed by atoms with E-state index in [4.69, 9.17) is 10.5 Å². The van der Waals surface area contributed by atoms with Crippen molar-refractivity contribution >= 4 is 11.5 Å². The number of rotatable bonds is 9. The SMILES string of the molecule is CCC(Cc1ccccc1)(Cc1ccc(N2CCOCC2)cc1)N(C)C.NCC(=O)c1ccccc1. The maximum atomic E-state index is 10.9. The minimum Gasteiger partial charge on any atom is -0.378 e. The van der Waals surface area contributed by atoms with Gasteiger partial charge in [0, 0.05) is 29.9 Å². The number of nitrogens with zero attached hydrogens (tertiary/aromatic N) is 2. The highest BCUT2D eigenvalue weighted by Crippen LogP contribution is 2.28. The molecule has 0 aliphatic carbocycles. The lowest BCUT2D eigenvalue weighted by Crippen LogP contribution is -2.47. The van der Waals surface area contributed by atoms with Gasteiger partial charge in [0.05, 0.1) is 19.8 Å². The molecule has 0 bridgehead atoms. The largest absolute Gasteiger partial charge is 0.378 e. The van der Waals surface area contributed by atoms with Gasteiger partial charge in [-0.25, -0.2) is 0 Å². The molecule has 0 amide bonds. The molecule has 1 aliphatic heterocycles. The van der Waals surface area contributed by atoms with Crippen molar-refractivity contribution in [2.75, 3.05) is 51.8 Å². The molecule has 3 aromatic carbocycles. The Bertz CT molecular complexity index is 1030. The second-order valence-electron chi connectivity index (χ2n) is 9.57. The van der Waals surface area contributed by atoms with E-state index >= 15 is 0 Å². The molecule has 3 aromatic rings. The molecule has 0 spiro atoms. The van der Waals surface area contributed by atoms with Gasteiger partial charge in [0.15, 0.2) is 5.78 Å². The van der Waals surface area contributed by atoms with E-state index in [1.807, 2.05) is 18.2 Å². The first-order chi connectivity index (χ1) is 17.5. The number of hydrogen-bond donors (Lipinski definition) is 1. The van der Waals surface area contributed by atoms with Gasteiger partial charge in [-0.3, -0.25) is 4.79 Å². The van der Waals surface area contributed by atoms with Gasteiger partial charge in [0.1, 0.15) is 0 Å². The van der Waals surface area contributed by atoms with E-state index < -0.39 is 0 Å². The van der Waals surface area contributed by atoms with Crippen LogP contribution in [-0.2, 0) is 17.6 Å². The zero-order chi connectivity index (χ0) is 25.8. The van der Waals surface area contributed by atoms with E-state index in [0.717, 1.165) is 45.6 Å². The van der Waals surface area contributed by atoms with Gasteiger partial charge >= 0.3 is 0 Å². The molecule has 1 heterocycles. The molecule has 36 heavy (non-hydrogen) atoms. The highest BCUT2D eigenvalue weighted by atomic mass is 16.5. The van der Waals surface area contributed by atoms with Crippen molar-refractivity contribution in [3.8, 4) is 0 Å². The number of nitrogens with two attached hydrogens (primary N) is 1. The lowest BCUT2D eigenvalue weighted by atomic mass is 9.81. The van der Waals surface area contributed by atoms with E-state index in [1.165, 1.54) is 16.8 Å². The summed E-state index contributed by atoms with van der Waals surface area (Å²) < 4.78 is 5.46. The third-order valence-electron chi connectivity index (χ3n) is 7.11. The lowest BCUT2D eigenvalue weighted by molar-refractivity contribution is 0.100. The van der Waals surface area contributed by atoms with Crippen LogP contribution in [0, 0.1) is 0 Å². The molecule has 1 atom stereocenters. The van der Waals surface area contributed by atoms with E-state index in [2.05, 4.69) is 85.4 Å². The topological polar surface area (TPSA) is 58.8 Å². The minimum absolute atomic E-state index is 0.0133. The molecule has 1 fully saturated rings. The van der Waals surface area contributed by atoms with Gasteiger partial charge in [-0.05, 0) is 56.6 Å². The van der Waals surface area contributed by atoms with Crippen molar-refractivity contribution in [2.24, 2.45) is 5.73 Å². The smallest absolute Gasteiger partial charge is 0.176 e. The average Bonchev–Trinajstić information content (AvgIpc) is 2.94. The summed E-state index contributed by atoms with van der Waals surface area (Å²) >= 11 is 0. The van der Waals surface area contributed by atoms with Gasteiger partial charge in [0.25, 0.3) is 0 Å². The van der Waals surface area contributed by atoms with Gasteiger partial charge in [-0.2, -0.15) is 0 Å². The van der Waals surface area contributed by atoms with Crippen LogP contribution in [0.15, 0.2) is 84.9 Å². The number of carbonyl (C=O) groups excluding carboxylic acids is 1. The number of carbonyl (C=O) groups is 1. The van der Waals surface area contributed by atoms with Crippen LogP contribution in [0.4, 0.5) is 5.69 Å². The van der Waals surface area contributed by atoms with Crippen LogP contribution in [0.5, 0.6) is 0 Å². The number of likely N-dealkylation sites (N-methyl/N-ethyl adjacent to an activating group) is 1. The fourth-order valence-electron chi connectivity index (χ4n) is 4.69. The Balaban J connectivity index is 0.000000303. The summed E-state index contributed by atoms with van der Waals surface area (Å²) in [5, 5.41) is 0. The Morgan fingerprint density at radius 3 is 1.89 bits per heavy atom. The summed E-state index contributed by atoms with van der Waals surface area (Å²) in [5.74, 6) is -0.0133. The minimum atomic E-state index is -0.0133. The number of benzene rings is 3. The van der Waals surface area contributed by atoms with Crippen LogP contribution in [-0.4, -0.2) is 63.2 Å². The Labute approximate surface area is 216 Å². The molecular weight excluding hydrogens is 446 g/mol. The maximum Gasteiger partial charge on any atom is 0.176 e. The van der Waals surface area contributed by atoms with E-state index in [1.54, 1.807) is 12.1 Å². The number of Topliss-reactive ketones (excluding diaryl/α,β-unsaturated/α-hetero) is 1. The van der Waals surface area contributed by atoms with E-state index in [-0.39, 0.29) is 17.9 Å². The molecule has 0 saturated carbocycles. The van der Waals surface area contributed by atoms with E-state index in [0.29, 0.717) is 5.56 Å². The zero-order valence-electron chi connectivity index (χ0n) is 22.0. The Morgan fingerprint density at radius 2 is 1.39 bits per heavy atom. The highest BCUT2D eigenvalue weighted by molar-refractivity contribution is 5.97. The standard InChI is InChI=1S/C23H32N2O.C8H9NO/c1-4-23(24(2)3,18-20-8-6-5-7-9-20)19-21-10-12-22(13-11-21)25-14-16-26-17-15-25;9-6-8(10)7-4-2-1-3-5-7/h5-13H,4,14-19H2,1-3H3;1-5H,6,9H2. The van der Waals surface area contributed by atoms with Crippen LogP contribution in [0.1, 0.15) is 34.8 Å². The molecule has 2 N–H and O–H groups in total. The molecule has 0 radical (unpaired) electrons. The predicted molar refractivity (Wildman–Crippen MR) is 150 cm³/mol. The molecule has 5 heteroatoms. The molecule has 0 aromatic heterocycles. The number of ketones is 1. The van der Waals surface area contributed by atoms with Crippen molar-refractivity contribution in [1.29, 1.82) is 0 Å². The number of hydrogen-bond acceptors (Lipinski definition) is 5. The fraction of sp³-hybridized carbons (Fsp3) is 0.387. The molecule has 1 saturated heterocycles. The van der Waals surface area contributed by atoms with Crippen molar-refractivity contribution in [3.63, 3.8) is 0 Å². The summed E-state index contributed by atoms with van der Waals surface area (Å²) in [6, 6.07) is 29.1. The zero-order valence-corrected chi connectivity index (χ0v) is 22.0. The summed E-state index contributed by atoms with van der Waals surface area (Å²) in [4.78, 5) is 15.7. The van der Waals surface area contributed by atoms with Gasteiger partial charge in [-0.15, -0.1) is 0 Å². The predicted octanol–water partition coefficient (Wildman–Crippen LogP) is 4.85. The maximum absolute atomic E-state index is 10.9. The Morgan fingerprint density at radius 1 is 0.861 bits per heavy atom.